The number of ketones is 1. The van der Waals surface area contributed by atoms with E-state index in [-0.39, 0.29) is 17.7 Å². The summed E-state index contributed by atoms with van der Waals surface area (Å²) in [7, 11) is 0. The molecule has 0 atom stereocenters. The van der Waals surface area contributed by atoms with Gasteiger partial charge < -0.3 is 14.2 Å². The van der Waals surface area contributed by atoms with Gasteiger partial charge in [0.25, 0.3) is 0 Å². The first-order chi connectivity index (χ1) is 17.3. The number of ether oxygens (including phenoxy) is 3. The SMILES string of the molecule is C=CCc1cc(/C=C/C(=O)c2ccc(OC(=O)C(C)(C)C)cc2)c(OCCC)cc1OC(=O)C(C)(C)C. The minimum Gasteiger partial charge on any atom is -0.493 e. The van der Waals surface area contributed by atoms with Crippen LogP contribution in [0.3, 0.4) is 0 Å². The van der Waals surface area contributed by atoms with Gasteiger partial charge in [-0.25, -0.2) is 0 Å². The van der Waals surface area contributed by atoms with E-state index in [0.29, 0.717) is 41.4 Å². The van der Waals surface area contributed by atoms with Crippen LogP contribution in [0.1, 0.15) is 76.4 Å². The van der Waals surface area contributed by atoms with Gasteiger partial charge in [-0.05, 0) is 102 Å². The number of benzene rings is 2. The highest BCUT2D eigenvalue weighted by Gasteiger charge is 2.25. The van der Waals surface area contributed by atoms with Gasteiger partial charge in [-0.3, -0.25) is 14.4 Å². The predicted octanol–water partition coefficient (Wildman–Crippen LogP) is 7.00. The summed E-state index contributed by atoms with van der Waals surface area (Å²) in [6.45, 7) is 17.0. The van der Waals surface area contributed by atoms with Gasteiger partial charge in [0.1, 0.15) is 17.2 Å². The molecule has 0 aliphatic rings. The Balaban J connectivity index is 2.33. The Morgan fingerprint density at radius 1 is 0.865 bits per heavy atom. The van der Waals surface area contributed by atoms with E-state index in [9.17, 15) is 14.4 Å². The van der Waals surface area contributed by atoms with E-state index in [0.717, 1.165) is 12.0 Å². The van der Waals surface area contributed by atoms with Gasteiger partial charge in [0, 0.05) is 17.2 Å². The molecule has 0 unspecified atom stereocenters. The van der Waals surface area contributed by atoms with E-state index < -0.39 is 10.8 Å². The van der Waals surface area contributed by atoms with Crippen molar-refractivity contribution in [3.8, 4) is 17.2 Å². The van der Waals surface area contributed by atoms with Crippen LogP contribution in [-0.4, -0.2) is 24.3 Å². The molecule has 6 nitrogen and oxygen atoms in total. The van der Waals surface area contributed by atoms with Crippen molar-refractivity contribution in [2.45, 2.75) is 61.3 Å². The van der Waals surface area contributed by atoms with Crippen molar-refractivity contribution >= 4 is 23.8 Å². The molecular formula is C31H38O6. The van der Waals surface area contributed by atoms with Crippen LogP contribution in [0.4, 0.5) is 0 Å². The number of hydrogen-bond donors (Lipinski definition) is 0. The summed E-state index contributed by atoms with van der Waals surface area (Å²) in [6, 6.07) is 9.97. The van der Waals surface area contributed by atoms with E-state index in [1.54, 1.807) is 84.0 Å². The van der Waals surface area contributed by atoms with Gasteiger partial charge in [0.05, 0.1) is 17.4 Å². The molecule has 0 aromatic heterocycles. The topological polar surface area (TPSA) is 78.9 Å². The van der Waals surface area contributed by atoms with Gasteiger partial charge in [0.2, 0.25) is 0 Å². The van der Waals surface area contributed by atoms with Gasteiger partial charge in [-0.1, -0.05) is 13.0 Å². The van der Waals surface area contributed by atoms with Crippen LogP contribution in [-0.2, 0) is 16.0 Å². The van der Waals surface area contributed by atoms with Crippen LogP contribution in [0, 0.1) is 10.8 Å². The van der Waals surface area contributed by atoms with Crippen LogP contribution in [0.25, 0.3) is 6.08 Å². The van der Waals surface area contributed by atoms with Crippen molar-refractivity contribution in [1.29, 1.82) is 0 Å². The van der Waals surface area contributed by atoms with Crippen molar-refractivity contribution < 1.29 is 28.6 Å². The molecule has 198 valence electrons. The minimum absolute atomic E-state index is 0.219. The van der Waals surface area contributed by atoms with Crippen LogP contribution in [0.15, 0.2) is 55.1 Å². The summed E-state index contributed by atoms with van der Waals surface area (Å²) in [5.74, 6) is 0.385. The van der Waals surface area contributed by atoms with Gasteiger partial charge >= 0.3 is 11.9 Å². The third-order valence-corrected chi connectivity index (χ3v) is 5.21. The second-order valence-corrected chi connectivity index (χ2v) is 10.8. The van der Waals surface area contributed by atoms with Crippen molar-refractivity contribution in [3.05, 3.63) is 71.8 Å². The Morgan fingerprint density at radius 2 is 1.46 bits per heavy atom. The first kappa shape index (κ1) is 29.6. The molecule has 0 amide bonds. The second-order valence-electron chi connectivity index (χ2n) is 10.8. The maximum absolute atomic E-state index is 12.8. The molecule has 37 heavy (non-hydrogen) atoms. The predicted molar refractivity (Wildman–Crippen MR) is 146 cm³/mol. The number of carbonyl (C=O) groups excluding carboxylic acids is 3. The maximum Gasteiger partial charge on any atom is 0.316 e. The zero-order valence-electron chi connectivity index (χ0n) is 23.0. The largest absolute Gasteiger partial charge is 0.493 e. The molecular weight excluding hydrogens is 468 g/mol. The zero-order valence-corrected chi connectivity index (χ0v) is 23.0. The molecule has 0 bridgehead atoms. The quantitative estimate of drug-likeness (QED) is 0.113. The highest BCUT2D eigenvalue weighted by atomic mass is 16.5. The molecule has 0 aliphatic carbocycles. The summed E-state index contributed by atoms with van der Waals surface area (Å²) in [6.07, 6.45) is 6.14. The third-order valence-electron chi connectivity index (χ3n) is 5.21. The average molecular weight is 507 g/mol. The first-order valence-electron chi connectivity index (χ1n) is 12.4. The Bertz CT molecular complexity index is 1160. The summed E-state index contributed by atoms with van der Waals surface area (Å²) >= 11 is 0. The van der Waals surface area contributed by atoms with Crippen LogP contribution in [0.2, 0.25) is 0 Å². The number of rotatable bonds is 10. The average Bonchev–Trinajstić information content (AvgIpc) is 2.82. The number of esters is 2. The first-order valence-corrected chi connectivity index (χ1v) is 12.4. The lowest BCUT2D eigenvalue weighted by Crippen LogP contribution is -2.26. The Kier molecular flexibility index (Phi) is 10.0. The molecule has 0 heterocycles. The maximum atomic E-state index is 12.8. The summed E-state index contributed by atoms with van der Waals surface area (Å²) in [5.41, 5.74) is 0.602. The lowest BCUT2D eigenvalue weighted by molar-refractivity contribution is -0.143. The van der Waals surface area contributed by atoms with Crippen molar-refractivity contribution in [2.24, 2.45) is 10.8 Å². The molecule has 2 aromatic carbocycles. The minimum atomic E-state index is -0.665. The van der Waals surface area contributed by atoms with Crippen molar-refractivity contribution in [2.75, 3.05) is 6.61 Å². The fourth-order valence-corrected chi connectivity index (χ4v) is 2.96. The van der Waals surface area contributed by atoms with Crippen LogP contribution >= 0.6 is 0 Å². The highest BCUT2D eigenvalue weighted by molar-refractivity contribution is 6.07. The molecule has 0 radical (unpaired) electrons. The molecule has 2 rings (SSSR count). The lowest BCUT2D eigenvalue weighted by Gasteiger charge is -2.19. The molecule has 6 heteroatoms. The zero-order chi connectivity index (χ0) is 27.8. The fourth-order valence-electron chi connectivity index (χ4n) is 2.96. The number of carbonyl (C=O) groups is 3. The highest BCUT2D eigenvalue weighted by Crippen LogP contribution is 2.33. The van der Waals surface area contributed by atoms with E-state index in [1.165, 1.54) is 6.08 Å². The molecule has 0 aliphatic heterocycles. The summed E-state index contributed by atoms with van der Waals surface area (Å²) in [4.78, 5) is 37.5. The molecule has 0 N–H and O–H groups in total. The van der Waals surface area contributed by atoms with Crippen molar-refractivity contribution in [1.82, 2.24) is 0 Å². The third kappa shape index (κ3) is 8.74. The Morgan fingerprint density at radius 3 is 2.00 bits per heavy atom. The fraction of sp³-hybridized carbons (Fsp3) is 0.387. The molecule has 0 spiro atoms. The van der Waals surface area contributed by atoms with E-state index >= 15 is 0 Å². The lowest BCUT2D eigenvalue weighted by atomic mass is 9.97. The smallest absolute Gasteiger partial charge is 0.316 e. The molecule has 0 fully saturated rings. The second kappa shape index (κ2) is 12.5. The van der Waals surface area contributed by atoms with Gasteiger partial charge in [-0.15, -0.1) is 6.58 Å². The number of hydrogen-bond acceptors (Lipinski definition) is 6. The number of allylic oxidation sites excluding steroid dienone is 2. The monoisotopic (exact) mass is 506 g/mol. The standard InChI is InChI=1S/C31H38O6/c1-9-11-22-19-23(26(35-18-10-2)20-27(22)37-29(34)31(6,7)8)14-17-25(32)21-12-15-24(16-13-21)36-28(33)30(3,4)5/h9,12-17,19-20H,1,10-11,18H2,2-8H3/b17-14+. The summed E-state index contributed by atoms with van der Waals surface area (Å²) in [5, 5.41) is 0. The normalized spacial score (nSPS) is 11.8. The van der Waals surface area contributed by atoms with Gasteiger partial charge in [0.15, 0.2) is 5.78 Å². The Hall–Kier alpha value is -3.67. The van der Waals surface area contributed by atoms with E-state index in [4.69, 9.17) is 14.2 Å². The van der Waals surface area contributed by atoms with Crippen molar-refractivity contribution in [3.63, 3.8) is 0 Å². The molecule has 0 saturated carbocycles. The van der Waals surface area contributed by atoms with Crippen LogP contribution < -0.4 is 14.2 Å². The van der Waals surface area contributed by atoms with E-state index in [2.05, 4.69) is 6.58 Å². The molecule has 2 aromatic rings. The van der Waals surface area contributed by atoms with E-state index in [1.807, 2.05) is 13.0 Å². The summed E-state index contributed by atoms with van der Waals surface area (Å²) < 4.78 is 17.0. The molecule has 0 saturated heterocycles. The Labute approximate surface area is 220 Å². The van der Waals surface area contributed by atoms with Gasteiger partial charge in [-0.2, -0.15) is 0 Å². The van der Waals surface area contributed by atoms with Crippen LogP contribution in [0.5, 0.6) is 17.2 Å².